The highest BCUT2D eigenvalue weighted by molar-refractivity contribution is 5.35. The molecule has 7 heteroatoms. The highest BCUT2D eigenvalue weighted by Crippen LogP contribution is 2.09. The van der Waals surface area contributed by atoms with Gasteiger partial charge in [0.25, 0.3) is 0 Å². The third-order valence-corrected chi connectivity index (χ3v) is 2.72. The first-order valence-corrected chi connectivity index (χ1v) is 6.67. The first-order valence-electron chi connectivity index (χ1n) is 6.67. The number of rotatable bonds is 9. The molecular weight excluding hydrogens is 244 g/mol. The van der Waals surface area contributed by atoms with E-state index < -0.39 is 0 Å². The van der Waals surface area contributed by atoms with Gasteiger partial charge in [0, 0.05) is 20.1 Å². The molecule has 0 unspecified atom stereocenters. The number of hydrogen-bond donors (Lipinski definition) is 2. The van der Waals surface area contributed by atoms with Gasteiger partial charge in [0.15, 0.2) is 0 Å². The lowest BCUT2D eigenvalue weighted by Gasteiger charge is -2.19. The van der Waals surface area contributed by atoms with Crippen LogP contribution in [0, 0.1) is 0 Å². The van der Waals surface area contributed by atoms with E-state index in [2.05, 4.69) is 44.3 Å². The van der Waals surface area contributed by atoms with Gasteiger partial charge in [-0.3, -0.25) is 0 Å². The van der Waals surface area contributed by atoms with Gasteiger partial charge in [-0.25, -0.2) is 0 Å². The molecule has 0 atom stereocenters. The summed E-state index contributed by atoms with van der Waals surface area (Å²) >= 11 is 0. The Balaban J connectivity index is 2.52. The molecule has 108 valence electrons. The van der Waals surface area contributed by atoms with Crippen LogP contribution in [0.1, 0.15) is 20.3 Å². The smallest absolute Gasteiger partial charge is 0.322 e. The zero-order valence-electron chi connectivity index (χ0n) is 12.2. The van der Waals surface area contributed by atoms with Gasteiger partial charge in [0.2, 0.25) is 11.9 Å². The Morgan fingerprint density at radius 1 is 1.11 bits per heavy atom. The van der Waals surface area contributed by atoms with Gasteiger partial charge in [-0.15, -0.1) is 0 Å². The van der Waals surface area contributed by atoms with Crippen LogP contribution in [0.2, 0.25) is 0 Å². The number of nitrogens with one attached hydrogen (secondary N) is 2. The van der Waals surface area contributed by atoms with Crippen LogP contribution in [0.5, 0.6) is 6.01 Å². The summed E-state index contributed by atoms with van der Waals surface area (Å²) < 4.78 is 5.03. The van der Waals surface area contributed by atoms with Crippen molar-refractivity contribution in [2.75, 3.05) is 51.0 Å². The minimum atomic E-state index is 0.308. The minimum Gasteiger partial charge on any atom is -0.467 e. The minimum absolute atomic E-state index is 0.308. The Morgan fingerprint density at radius 3 is 2.42 bits per heavy atom. The number of ether oxygens (including phenoxy) is 1. The molecular formula is C12H24N6O. The van der Waals surface area contributed by atoms with Crippen molar-refractivity contribution in [1.29, 1.82) is 0 Å². The molecule has 2 N–H and O–H groups in total. The van der Waals surface area contributed by atoms with Crippen LogP contribution < -0.4 is 15.4 Å². The Kier molecular flexibility index (Phi) is 6.88. The fourth-order valence-electron chi connectivity index (χ4n) is 1.71. The molecule has 0 aliphatic carbocycles. The highest BCUT2D eigenvalue weighted by Gasteiger charge is 2.06. The normalized spacial score (nSPS) is 10.6. The SMILES string of the molecule is CCCN(CC)CCNc1nc(NC)nc(OC)n1. The molecule has 0 saturated heterocycles. The van der Waals surface area contributed by atoms with E-state index in [4.69, 9.17) is 4.74 Å². The van der Waals surface area contributed by atoms with Gasteiger partial charge in [-0.05, 0) is 19.5 Å². The van der Waals surface area contributed by atoms with Gasteiger partial charge >= 0.3 is 6.01 Å². The molecule has 7 nitrogen and oxygen atoms in total. The molecule has 0 saturated carbocycles. The summed E-state index contributed by atoms with van der Waals surface area (Å²) in [6.45, 7) is 8.28. The summed E-state index contributed by atoms with van der Waals surface area (Å²) in [5.74, 6) is 1.03. The second-order valence-electron chi connectivity index (χ2n) is 4.08. The van der Waals surface area contributed by atoms with Crippen LogP contribution in [-0.2, 0) is 0 Å². The zero-order valence-corrected chi connectivity index (χ0v) is 12.2. The predicted molar refractivity (Wildman–Crippen MR) is 76.8 cm³/mol. The zero-order chi connectivity index (χ0) is 14.1. The number of nitrogens with zero attached hydrogens (tertiary/aromatic N) is 4. The maximum Gasteiger partial charge on any atom is 0.322 e. The monoisotopic (exact) mass is 268 g/mol. The summed E-state index contributed by atoms with van der Waals surface area (Å²) in [6, 6.07) is 0.308. The summed E-state index contributed by atoms with van der Waals surface area (Å²) in [5, 5.41) is 6.07. The van der Waals surface area contributed by atoms with Crippen molar-refractivity contribution < 1.29 is 4.74 Å². The van der Waals surface area contributed by atoms with E-state index in [1.54, 1.807) is 14.2 Å². The maximum absolute atomic E-state index is 5.03. The second kappa shape index (κ2) is 8.47. The van der Waals surface area contributed by atoms with Crippen LogP contribution >= 0.6 is 0 Å². The summed E-state index contributed by atoms with van der Waals surface area (Å²) in [7, 11) is 3.30. The summed E-state index contributed by atoms with van der Waals surface area (Å²) in [4.78, 5) is 14.8. The van der Waals surface area contributed by atoms with Crippen molar-refractivity contribution in [2.45, 2.75) is 20.3 Å². The molecule has 19 heavy (non-hydrogen) atoms. The molecule has 0 bridgehead atoms. The lowest BCUT2D eigenvalue weighted by molar-refractivity contribution is 0.299. The van der Waals surface area contributed by atoms with Crippen LogP contribution in [0.25, 0.3) is 0 Å². The highest BCUT2D eigenvalue weighted by atomic mass is 16.5. The molecule has 0 spiro atoms. The summed E-state index contributed by atoms with van der Waals surface area (Å²) in [5.41, 5.74) is 0. The number of aromatic nitrogens is 3. The lowest BCUT2D eigenvalue weighted by atomic mass is 10.4. The Hall–Kier alpha value is -1.63. The van der Waals surface area contributed by atoms with Gasteiger partial charge in [0.1, 0.15) is 0 Å². The van der Waals surface area contributed by atoms with Gasteiger partial charge in [0.05, 0.1) is 7.11 Å². The van der Waals surface area contributed by atoms with Gasteiger partial charge < -0.3 is 20.3 Å². The van der Waals surface area contributed by atoms with Crippen molar-refractivity contribution in [3.8, 4) is 6.01 Å². The molecule has 0 fully saturated rings. The fourth-order valence-corrected chi connectivity index (χ4v) is 1.71. The first-order chi connectivity index (χ1) is 9.23. The topological polar surface area (TPSA) is 75.2 Å². The van der Waals surface area contributed by atoms with Crippen molar-refractivity contribution in [1.82, 2.24) is 19.9 Å². The van der Waals surface area contributed by atoms with E-state index >= 15 is 0 Å². The van der Waals surface area contributed by atoms with E-state index in [0.29, 0.717) is 17.9 Å². The quantitative estimate of drug-likeness (QED) is 0.693. The van der Waals surface area contributed by atoms with Crippen molar-refractivity contribution >= 4 is 11.9 Å². The maximum atomic E-state index is 5.03. The van der Waals surface area contributed by atoms with E-state index in [1.807, 2.05) is 0 Å². The Labute approximate surface area is 114 Å². The molecule has 0 amide bonds. The predicted octanol–water partition coefficient (Wildman–Crippen LogP) is 1.07. The molecule has 0 aliphatic heterocycles. The first kappa shape index (κ1) is 15.4. The molecule has 1 rings (SSSR count). The average molecular weight is 268 g/mol. The number of likely N-dealkylation sites (N-methyl/N-ethyl adjacent to an activating group) is 1. The fraction of sp³-hybridized carbons (Fsp3) is 0.750. The van der Waals surface area contributed by atoms with E-state index in [1.165, 1.54) is 0 Å². The number of hydrogen-bond acceptors (Lipinski definition) is 7. The van der Waals surface area contributed by atoms with Crippen LogP contribution in [0.15, 0.2) is 0 Å². The van der Waals surface area contributed by atoms with Crippen LogP contribution in [0.3, 0.4) is 0 Å². The third kappa shape index (κ3) is 5.25. The molecule has 1 aromatic heterocycles. The van der Waals surface area contributed by atoms with E-state index in [0.717, 1.165) is 32.6 Å². The van der Waals surface area contributed by atoms with Crippen LogP contribution in [0.4, 0.5) is 11.9 Å². The van der Waals surface area contributed by atoms with E-state index in [-0.39, 0.29) is 0 Å². The average Bonchev–Trinajstić information content (AvgIpc) is 2.45. The molecule has 0 radical (unpaired) electrons. The van der Waals surface area contributed by atoms with Crippen LogP contribution in [-0.4, -0.2) is 60.2 Å². The largest absolute Gasteiger partial charge is 0.467 e. The van der Waals surface area contributed by atoms with Crippen molar-refractivity contribution in [3.05, 3.63) is 0 Å². The van der Waals surface area contributed by atoms with Crippen molar-refractivity contribution in [3.63, 3.8) is 0 Å². The van der Waals surface area contributed by atoms with E-state index in [9.17, 15) is 0 Å². The number of methoxy groups -OCH3 is 1. The molecule has 1 aromatic rings. The van der Waals surface area contributed by atoms with Gasteiger partial charge in [-0.1, -0.05) is 13.8 Å². The van der Waals surface area contributed by atoms with Crippen molar-refractivity contribution in [2.24, 2.45) is 0 Å². The molecule has 0 aromatic carbocycles. The van der Waals surface area contributed by atoms with Gasteiger partial charge in [-0.2, -0.15) is 15.0 Å². The standard InChI is InChI=1S/C12H24N6O/c1-5-8-18(6-2)9-7-14-11-15-10(13-3)16-12(17-11)19-4/h5-9H2,1-4H3,(H2,13,14,15,16,17). The Bertz CT molecular complexity index is 351. The third-order valence-electron chi connectivity index (χ3n) is 2.72. The lowest BCUT2D eigenvalue weighted by Crippen LogP contribution is -2.30. The molecule has 1 heterocycles. The molecule has 0 aliphatic rings. The Morgan fingerprint density at radius 2 is 1.84 bits per heavy atom. The second-order valence-corrected chi connectivity index (χ2v) is 4.08. The summed E-state index contributed by atoms with van der Waals surface area (Å²) in [6.07, 6.45) is 1.16. The number of anilines is 2.